The van der Waals surface area contributed by atoms with Crippen LogP contribution in [0.15, 0.2) is 0 Å². The van der Waals surface area contributed by atoms with Crippen LogP contribution >= 0.6 is 23.5 Å². The second-order valence-corrected chi connectivity index (χ2v) is 5.54. The molecule has 88 valence electrons. The number of ether oxygens (including phenoxy) is 1. The van der Waals surface area contributed by atoms with E-state index in [0.717, 1.165) is 24.3 Å². The van der Waals surface area contributed by atoms with Gasteiger partial charge in [0.15, 0.2) is 10.2 Å². The van der Waals surface area contributed by atoms with Crippen molar-refractivity contribution in [3.05, 3.63) is 0 Å². The molecule has 0 saturated carbocycles. The van der Waals surface area contributed by atoms with Gasteiger partial charge in [0.25, 0.3) is 0 Å². The van der Waals surface area contributed by atoms with Crippen LogP contribution in [-0.4, -0.2) is 35.0 Å². The minimum Gasteiger partial charge on any atom is -0.381 e. The van der Waals surface area contributed by atoms with Gasteiger partial charge >= 0.3 is 0 Å². The van der Waals surface area contributed by atoms with E-state index in [-0.39, 0.29) is 10.2 Å². The first-order chi connectivity index (χ1) is 7.13. The molecular formula is C10H18O3S2. The van der Waals surface area contributed by atoms with Gasteiger partial charge in [-0.15, -0.1) is 0 Å². The average Bonchev–Trinajstić information content (AvgIpc) is 2.14. The predicted octanol–water partition coefficient (Wildman–Crippen LogP) is 2.34. The van der Waals surface area contributed by atoms with E-state index < -0.39 is 0 Å². The summed E-state index contributed by atoms with van der Waals surface area (Å²) in [5.41, 5.74) is 0. The molecule has 0 rings (SSSR count). The largest absolute Gasteiger partial charge is 0.381 e. The van der Waals surface area contributed by atoms with Gasteiger partial charge in [-0.3, -0.25) is 9.59 Å². The molecule has 0 aromatic heterocycles. The highest BCUT2D eigenvalue weighted by atomic mass is 32.2. The van der Waals surface area contributed by atoms with Gasteiger partial charge in [-0.05, 0) is 12.8 Å². The van der Waals surface area contributed by atoms with Crippen molar-refractivity contribution in [3.63, 3.8) is 0 Å². The lowest BCUT2D eigenvalue weighted by Crippen LogP contribution is -2.00. The van der Waals surface area contributed by atoms with Gasteiger partial charge < -0.3 is 4.74 Å². The van der Waals surface area contributed by atoms with Gasteiger partial charge in [0.1, 0.15) is 0 Å². The molecule has 0 amide bonds. The zero-order valence-electron chi connectivity index (χ0n) is 9.28. The summed E-state index contributed by atoms with van der Waals surface area (Å²) in [6, 6.07) is 0. The SMILES string of the molecule is CC(=O)SCCCOCCCSC(C)=O. The number of carbonyl (C=O) groups excluding carboxylic acids is 2. The summed E-state index contributed by atoms with van der Waals surface area (Å²) >= 11 is 2.67. The van der Waals surface area contributed by atoms with Crippen molar-refractivity contribution in [2.75, 3.05) is 24.7 Å². The third-order valence-electron chi connectivity index (χ3n) is 1.48. The Bertz CT molecular complexity index is 175. The van der Waals surface area contributed by atoms with Crippen LogP contribution in [0.4, 0.5) is 0 Å². The summed E-state index contributed by atoms with van der Waals surface area (Å²) in [4.78, 5) is 21.1. The molecule has 0 heterocycles. The van der Waals surface area contributed by atoms with Crippen LogP contribution in [0.2, 0.25) is 0 Å². The molecule has 0 aliphatic carbocycles. The monoisotopic (exact) mass is 250 g/mol. The molecule has 0 saturated heterocycles. The van der Waals surface area contributed by atoms with Gasteiger partial charge in [-0.2, -0.15) is 0 Å². The van der Waals surface area contributed by atoms with Crippen LogP contribution in [0.25, 0.3) is 0 Å². The first-order valence-electron chi connectivity index (χ1n) is 4.97. The van der Waals surface area contributed by atoms with E-state index in [1.807, 2.05) is 0 Å². The van der Waals surface area contributed by atoms with Crippen molar-refractivity contribution in [2.24, 2.45) is 0 Å². The highest BCUT2D eigenvalue weighted by Crippen LogP contribution is 2.05. The van der Waals surface area contributed by atoms with Crippen molar-refractivity contribution in [1.29, 1.82) is 0 Å². The molecule has 0 spiro atoms. The Hall–Kier alpha value is -0.0000000000000000555. The second kappa shape index (κ2) is 10.5. The molecule has 0 unspecified atom stereocenters. The van der Waals surface area contributed by atoms with E-state index in [4.69, 9.17) is 4.74 Å². The summed E-state index contributed by atoms with van der Waals surface area (Å²) in [7, 11) is 0. The first-order valence-corrected chi connectivity index (χ1v) is 6.94. The molecule has 0 fully saturated rings. The Balaban J connectivity index is 2.99. The van der Waals surface area contributed by atoms with Crippen molar-refractivity contribution >= 4 is 33.8 Å². The molecule has 3 nitrogen and oxygen atoms in total. The van der Waals surface area contributed by atoms with E-state index in [1.54, 1.807) is 13.8 Å². The van der Waals surface area contributed by atoms with Gasteiger partial charge in [0.2, 0.25) is 0 Å². The molecule has 5 heteroatoms. The number of hydrogen-bond donors (Lipinski definition) is 0. The van der Waals surface area contributed by atoms with Gasteiger partial charge in [-0.25, -0.2) is 0 Å². The van der Waals surface area contributed by atoms with E-state index in [0.29, 0.717) is 13.2 Å². The summed E-state index contributed by atoms with van der Waals surface area (Å²) in [5, 5.41) is 0.320. The summed E-state index contributed by atoms with van der Waals surface area (Å²) < 4.78 is 5.35. The van der Waals surface area contributed by atoms with E-state index in [9.17, 15) is 9.59 Å². The maximum absolute atomic E-state index is 10.6. The molecule has 15 heavy (non-hydrogen) atoms. The van der Waals surface area contributed by atoms with Crippen molar-refractivity contribution in [2.45, 2.75) is 26.7 Å². The van der Waals surface area contributed by atoms with Crippen LogP contribution in [-0.2, 0) is 14.3 Å². The Morgan fingerprint density at radius 2 is 1.33 bits per heavy atom. The average molecular weight is 250 g/mol. The van der Waals surface area contributed by atoms with Crippen LogP contribution in [0.5, 0.6) is 0 Å². The number of thioether (sulfide) groups is 2. The minimum atomic E-state index is 0.160. The Morgan fingerprint density at radius 3 is 1.67 bits per heavy atom. The Labute approximate surface area is 99.7 Å². The third kappa shape index (κ3) is 14.0. The van der Waals surface area contributed by atoms with Crippen molar-refractivity contribution < 1.29 is 14.3 Å². The molecule has 0 aliphatic rings. The summed E-state index contributed by atoms with van der Waals surface area (Å²) in [5.74, 6) is 1.66. The molecule has 0 aromatic rings. The smallest absolute Gasteiger partial charge is 0.185 e. The normalized spacial score (nSPS) is 10.3. The standard InChI is InChI=1S/C10H18O3S2/c1-9(11)14-7-3-5-13-6-4-8-15-10(2)12/h3-8H2,1-2H3. The quantitative estimate of drug-likeness (QED) is 0.619. The number of carbonyl (C=O) groups is 2. The van der Waals surface area contributed by atoms with Gasteiger partial charge in [0.05, 0.1) is 0 Å². The maximum Gasteiger partial charge on any atom is 0.185 e. The molecule has 0 N–H and O–H groups in total. The molecule has 0 aromatic carbocycles. The maximum atomic E-state index is 10.6. The van der Waals surface area contributed by atoms with E-state index in [1.165, 1.54) is 23.5 Å². The van der Waals surface area contributed by atoms with Crippen LogP contribution in [0, 0.1) is 0 Å². The summed E-state index contributed by atoms with van der Waals surface area (Å²) in [6.45, 7) is 4.55. The Kier molecular flexibility index (Phi) is 10.5. The molecular weight excluding hydrogens is 232 g/mol. The lowest BCUT2D eigenvalue weighted by atomic mass is 10.5. The summed E-state index contributed by atoms with van der Waals surface area (Å²) in [6.07, 6.45) is 1.81. The van der Waals surface area contributed by atoms with Crippen LogP contribution < -0.4 is 0 Å². The van der Waals surface area contributed by atoms with Crippen molar-refractivity contribution in [3.8, 4) is 0 Å². The predicted molar refractivity (Wildman–Crippen MR) is 66.3 cm³/mol. The lowest BCUT2D eigenvalue weighted by Gasteiger charge is -2.02. The third-order valence-corrected chi connectivity index (χ3v) is 3.28. The molecule has 0 radical (unpaired) electrons. The van der Waals surface area contributed by atoms with Gasteiger partial charge in [0, 0.05) is 38.6 Å². The highest BCUT2D eigenvalue weighted by Gasteiger charge is 1.96. The van der Waals surface area contributed by atoms with E-state index >= 15 is 0 Å². The topological polar surface area (TPSA) is 43.4 Å². The van der Waals surface area contributed by atoms with Gasteiger partial charge in [-0.1, -0.05) is 23.5 Å². The van der Waals surface area contributed by atoms with Crippen molar-refractivity contribution in [1.82, 2.24) is 0 Å². The fourth-order valence-electron chi connectivity index (χ4n) is 0.856. The van der Waals surface area contributed by atoms with Crippen LogP contribution in [0.3, 0.4) is 0 Å². The minimum absolute atomic E-state index is 0.160. The van der Waals surface area contributed by atoms with E-state index in [2.05, 4.69) is 0 Å². The first kappa shape index (κ1) is 15.0. The molecule has 0 atom stereocenters. The fraction of sp³-hybridized carbons (Fsp3) is 0.800. The molecule has 0 aliphatic heterocycles. The van der Waals surface area contributed by atoms with Crippen LogP contribution in [0.1, 0.15) is 26.7 Å². The fourth-order valence-corrected chi connectivity index (χ4v) is 1.96. The lowest BCUT2D eigenvalue weighted by molar-refractivity contribution is -0.109. The zero-order chi connectivity index (χ0) is 11.5. The second-order valence-electron chi connectivity index (χ2n) is 3.00. The number of rotatable bonds is 8. The zero-order valence-corrected chi connectivity index (χ0v) is 10.9. The Morgan fingerprint density at radius 1 is 0.933 bits per heavy atom. The highest BCUT2D eigenvalue weighted by molar-refractivity contribution is 8.13. The molecule has 0 bridgehead atoms. The number of hydrogen-bond acceptors (Lipinski definition) is 5.